The summed E-state index contributed by atoms with van der Waals surface area (Å²) >= 11 is 0. The molecule has 0 amide bonds. The first-order chi connectivity index (χ1) is 9.19. The average molecular weight is 265 g/mol. The van der Waals surface area contributed by atoms with Crippen LogP contribution < -0.4 is 10.1 Å². The maximum absolute atomic E-state index is 14.2. The van der Waals surface area contributed by atoms with Crippen molar-refractivity contribution in [3.8, 4) is 5.75 Å². The van der Waals surface area contributed by atoms with E-state index < -0.39 is 0 Å². The first-order valence-electron chi connectivity index (χ1n) is 7.20. The smallest absolute Gasteiger partial charge is 0.131 e. The fourth-order valence-electron chi connectivity index (χ4n) is 3.32. The van der Waals surface area contributed by atoms with Crippen molar-refractivity contribution in [2.24, 2.45) is 11.8 Å². The van der Waals surface area contributed by atoms with Crippen LogP contribution in [0.1, 0.15) is 44.2 Å². The number of halogens is 1. The van der Waals surface area contributed by atoms with Crippen LogP contribution in [0.25, 0.3) is 0 Å². The van der Waals surface area contributed by atoms with Gasteiger partial charge in [-0.15, -0.1) is 0 Å². The zero-order valence-electron chi connectivity index (χ0n) is 12.1. The molecule has 106 valence electrons. The Morgan fingerprint density at radius 2 is 2.21 bits per heavy atom. The second kappa shape index (κ2) is 6.38. The van der Waals surface area contributed by atoms with Crippen LogP contribution in [0.15, 0.2) is 18.2 Å². The molecular weight excluding hydrogens is 241 g/mol. The summed E-state index contributed by atoms with van der Waals surface area (Å²) in [7, 11) is 3.49. The third kappa shape index (κ3) is 3.08. The van der Waals surface area contributed by atoms with Crippen LogP contribution in [0.3, 0.4) is 0 Å². The van der Waals surface area contributed by atoms with Crippen molar-refractivity contribution in [2.45, 2.75) is 38.6 Å². The van der Waals surface area contributed by atoms with Gasteiger partial charge in [0.1, 0.15) is 11.6 Å². The number of nitrogens with one attached hydrogen (secondary N) is 1. The van der Waals surface area contributed by atoms with Gasteiger partial charge in [-0.05, 0) is 37.8 Å². The Morgan fingerprint density at radius 3 is 2.74 bits per heavy atom. The summed E-state index contributed by atoms with van der Waals surface area (Å²) in [6.07, 6.45) is 4.90. The lowest BCUT2D eigenvalue weighted by Crippen LogP contribution is -2.25. The van der Waals surface area contributed by atoms with E-state index in [2.05, 4.69) is 12.2 Å². The lowest BCUT2D eigenvalue weighted by atomic mass is 9.90. The third-order valence-electron chi connectivity index (χ3n) is 4.48. The molecule has 2 nitrogen and oxygen atoms in total. The van der Waals surface area contributed by atoms with Crippen LogP contribution in [-0.4, -0.2) is 14.2 Å². The van der Waals surface area contributed by atoms with Crippen molar-refractivity contribution in [2.75, 3.05) is 14.2 Å². The summed E-state index contributed by atoms with van der Waals surface area (Å²) in [5.41, 5.74) is 0.769. The Morgan fingerprint density at radius 1 is 1.42 bits per heavy atom. The van der Waals surface area contributed by atoms with E-state index in [1.807, 2.05) is 19.2 Å². The van der Waals surface area contributed by atoms with E-state index in [0.717, 1.165) is 11.5 Å². The minimum atomic E-state index is -0.168. The maximum Gasteiger partial charge on any atom is 0.131 e. The van der Waals surface area contributed by atoms with E-state index in [1.54, 1.807) is 7.11 Å². The molecule has 0 radical (unpaired) electrons. The summed E-state index contributed by atoms with van der Waals surface area (Å²) in [6, 6.07) is 5.29. The van der Waals surface area contributed by atoms with E-state index in [9.17, 15) is 4.39 Å². The van der Waals surface area contributed by atoms with Crippen LogP contribution in [0.5, 0.6) is 5.75 Å². The topological polar surface area (TPSA) is 21.3 Å². The van der Waals surface area contributed by atoms with Gasteiger partial charge in [-0.1, -0.05) is 25.8 Å². The van der Waals surface area contributed by atoms with Gasteiger partial charge in [0.05, 0.1) is 7.11 Å². The van der Waals surface area contributed by atoms with Crippen molar-refractivity contribution < 1.29 is 9.13 Å². The van der Waals surface area contributed by atoms with E-state index in [4.69, 9.17) is 4.74 Å². The first-order valence-corrected chi connectivity index (χ1v) is 7.20. The number of methoxy groups -OCH3 is 1. The second-order valence-electron chi connectivity index (χ2n) is 5.50. The highest BCUT2D eigenvalue weighted by Gasteiger charge is 2.31. The van der Waals surface area contributed by atoms with Gasteiger partial charge in [0.2, 0.25) is 0 Å². The van der Waals surface area contributed by atoms with Gasteiger partial charge < -0.3 is 10.1 Å². The van der Waals surface area contributed by atoms with Crippen LogP contribution in [0, 0.1) is 17.7 Å². The third-order valence-corrected chi connectivity index (χ3v) is 4.48. The molecule has 2 rings (SSSR count). The predicted octanol–water partition coefficient (Wildman–Crippen LogP) is 3.92. The van der Waals surface area contributed by atoms with E-state index in [0.29, 0.717) is 11.7 Å². The molecule has 1 saturated carbocycles. The molecule has 0 bridgehead atoms. The molecular formula is C16H24FNO. The lowest BCUT2D eigenvalue weighted by molar-refractivity contribution is 0.360. The van der Waals surface area contributed by atoms with Crippen LogP contribution in [0.4, 0.5) is 4.39 Å². The van der Waals surface area contributed by atoms with Gasteiger partial charge in [0.25, 0.3) is 0 Å². The van der Waals surface area contributed by atoms with E-state index in [-0.39, 0.29) is 11.9 Å². The highest BCUT2D eigenvalue weighted by Crippen LogP contribution is 2.41. The largest absolute Gasteiger partial charge is 0.497 e. The molecule has 1 N–H and O–H groups in total. The van der Waals surface area contributed by atoms with Crippen molar-refractivity contribution in [3.63, 3.8) is 0 Å². The normalized spacial score (nSPS) is 24.4. The standard InChI is InChI=1S/C16H24FNO/c1-4-11-5-6-12(9-11)16(18-2)14-8-7-13(19-3)10-15(14)17/h7-8,10-12,16,18H,4-6,9H2,1-3H3. The molecule has 1 aliphatic rings. The molecule has 0 saturated heterocycles. The van der Waals surface area contributed by atoms with Crippen LogP contribution in [-0.2, 0) is 0 Å². The summed E-state index contributed by atoms with van der Waals surface area (Å²) in [6.45, 7) is 2.25. The predicted molar refractivity (Wildman–Crippen MR) is 75.9 cm³/mol. The van der Waals surface area contributed by atoms with Crippen LogP contribution in [0.2, 0.25) is 0 Å². The fourth-order valence-corrected chi connectivity index (χ4v) is 3.32. The van der Waals surface area contributed by atoms with Gasteiger partial charge in [-0.25, -0.2) is 4.39 Å². The van der Waals surface area contributed by atoms with E-state index in [1.165, 1.54) is 31.7 Å². The maximum atomic E-state index is 14.2. The molecule has 19 heavy (non-hydrogen) atoms. The molecule has 0 aliphatic heterocycles. The average Bonchev–Trinajstić information content (AvgIpc) is 2.90. The molecule has 0 heterocycles. The quantitative estimate of drug-likeness (QED) is 0.871. The second-order valence-corrected chi connectivity index (χ2v) is 5.50. The van der Waals surface area contributed by atoms with E-state index >= 15 is 0 Å². The summed E-state index contributed by atoms with van der Waals surface area (Å²) < 4.78 is 19.2. The van der Waals surface area contributed by atoms with Gasteiger partial charge in [0, 0.05) is 17.7 Å². The molecule has 1 fully saturated rings. The number of benzene rings is 1. The molecule has 3 atom stereocenters. The van der Waals surface area contributed by atoms with Crippen LogP contribution >= 0.6 is 0 Å². The molecule has 3 unspecified atom stereocenters. The SMILES string of the molecule is CCC1CCC(C(NC)c2ccc(OC)cc2F)C1. The van der Waals surface area contributed by atoms with Gasteiger partial charge >= 0.3 is 0 Å². The fraction of sp³-hybridized carbons (Fsp3) is 0.625. The van der Waals surface area contributed by atoms with Crippen molar-refractivity contribution >= 4 is 0 Å². The summed E-state index contributed by atoms with van der Waals surface area (Å²) in [5, 5.41) is 3.30. The minimum absolute atomic E-state index is 0.113. The Hall–Kier alpha value is -1.09. The highest BCUT2D eigenvalue weighted by molar-refractivity contribution is 5.31. The lowest BCUT2D eigenvalue weighted by Gasteiger charge is -2.24. The first kappa shape index (κ1) is 14.3. The van der Waals surface area contributed by atoms with Gasteiger partial charge in [0.15, 0.2) is 0 Å². The Labute approximate surface area is 115 Å². The number of ether oxygens (including phenoxy) is 1. The summed E-state index contributed by atoms with van der Waals surface area (Å²) in [4.78, 5) is 0. The van der Waals surface area contributed by atoms with Crippen molar-refractivity contribution in [3.05, 3.63) is 29.6 Å². The molecule has 1 aliphatic carbocycles. The van der Waals surface area contributed by atoms with Gasteiger partial charge in [-0.2, -0.15) is 0 Å². The number of hydrogen-bond acceptors (Lipinski definition) is 2. The molecule has 1 aromatic carbocycles. The monoisotopic (exact) mass is 265 g/mol. The Bertz CT molecular complexity index is 421. The number of rotatable bonds is 5. The van der Waals surface area contributed by atoms with Crippen molar-refractivity contribution in [1.29, 1.82) is 0 Å². The summed E-state index contributed by atoms with van der Waals surface area (Å²) in [5.74, 6) is 1.76. The zero-order valence-corrected chi connectivity index (χ0v) is 12.1. The molecule has 1 aromatic rings. The Balaban J connectivity index is 2.18. The van der Waals surface area contributed by atoms with Gasteiger partial charge in [-0.3, -0.25) is 0 Å². The molecule has 0 aromatic heterocycles. The minimum Gasteiger partial charge on any atom is -0.497 e. The number of hydrogen-bond donors (Lipinski definition) is 1. The Kier molecular flexibility index (Phi) is 4.81. The highest BCUT2D eigenvalue weighted by atomic mass is 19.1. The van der Waals surface area contributed by atoms with Crippen molar-refractivity contribution in [1.82, 2.24) is 5.32 Å². The molecule has 3 heteroatoms. The zero-order chi connectivity index (χ0) is 13.8. The molecule has 0 spiro atoms.